The quantitative estimate of drug-likeness (QED) is 0.284. The number of carbonyl (C=O) groups is 2. The summed E-state index contributed by atoms with van der Waals surface area (Å²) in [5, 5.41) is 3.91. The van der Waals surface area contributed by atoms with Gasteiger partial charge in [0.15, 0.2) is 17.6 Å². The maximum atomic E-state index is 14.6. The fraction of sp³-hybridized carbons (Fsp3) is 0.385. The molecule has 0 spiro atoms. The molecule has 1 aromatic heterocycles. The van der Waals surface area contributed by atoms with E-state index in [1.54, 1.807) is 32.9 Å². The highest BCUT2D eigenvalue weighted by Gasteiger charge is 2.50. The molecule has 1 saturated carbocycles. The Kier molecular flexibility index (Phi) is 6.44. The van der Waals surface area contributed by atoms with E-state index >= 15 is 0 Å². The zero-order valence-electron chi connectivity index (χ0n) is 19.9. The number of carbonyl (C=O) groups excluding carboxylic acids is 2. The van der Waals surface area contributed by atoms with Crippen molar-refractivity contribution < 1.29 is 32.4 Å². The van der Waals surface area contributed by atoms with Crippen molar-refractivity contribution in [3.63, 3.8) is 0 Å². The largest absolute Gasteiger partial charge is 0.481 e. The van der Waals surface area contributed by atoms with Crippen molar-refractivity contribution in [3.05, 3.63) is 65.3 Å². The summed E-state index contributed by atoms with van der Waals surface area (Å²) in [6, 6.07) is 10.2. The maximum Gasteiger partial charge on any atom is 0.341 e. The molecular weight excluding hydrogens is 458 g/mol. The van der Waals surface area contributed by atoms with Crippen LogP contribution in [0.1, 0.15) is 79.7 Å². The van der Waals surface area contributed by atoms with Crippen LogP contribution in [-0.4, -0.2) is 33.2 Å². The molecular formula is C26H26F2N2O5. The number of hydrogen-bond donors (Lipinski definition) is 0. The van der Waals surface area contributed by atoms with E-state index in [1.807, 2.05) is 6.92 Å². The van der Waals surface area contributed by atoms with E-state index in [-0.39, 0.29) is 30.1 Å². The van der Waals surface area contributed by atoms with Gasteiger partial charge in [-0.05, 0) is 82.5 Å². The Morgan fingerprint density at radius 2 is 1.83 bits per heavy atom. The second-order valence-corrected chi connectivity index (χ2v) is 9.49. The second kappa shape index (κ2) is 9.20. The summed E-state index contributed by atoms with van der Waals surface area (Å²) >= 11 is 0. The van der Waals surface area contributed by atoms with Crippen LogP contribution in [0.25, 0.3) is 11.4 Å². The molecule has 1 aliphatic rings. The fourth-order valence-electron chi connectivity index (χ4n) is 3.39. The second-order valence-electron chi connectivity index (χ2n) is 9.49. The lowest BCUT2D eigenvalue weighted by atomic mass is 10.1. The molecule has 35 heavy (non-hydrogen) atoms. The molecule has 4 rings (SSSR count). The van der Waals surface area contributed by atoms with E-state index in [1.165, 1.54) is 24.3 Å². The van der Waals surface area contributed by atoms with Crippen LogP contribution in [0.15, 0.2) is 47.0 Å². The number of rotatable bonds is 8. The third kappa shape index (κ3) is 5.55. The Balaban J connectivity index is 1.46. The molecule has 2 aromatic carbocycles. The number of aromatic nitrogens is 2. The minimum atomic E-state index is -1.72. The summed E-state index contributed by atoms with van der Waals surface area (Å²) in [7, 11) is 0. The average molecular weight is 484 g/mol. The third-order valence-corrected chi connectivity index (χ3v) is 5.42. The van der Waals surface area contributed by atoms with E-state index in [9.17, 15) is 18.4 Å². The summed E-state index contributed by atoms with van der Waals surface area (Å²) in [6.07, 6.45) is 0.408. The Labute approximate surface area is 201 Å². The number of alkyl halides is 1. The number of Topliss-reactive ketones (excluding diaryl/α,β-unsaturated/α-hetero) is 1. The lowest BCUT2D eigenvalue weighted by Crippen LogP contribution is -2.24. The number of ketones is 1. The monoisotopic (exact) mass is 484 g/mol. The predicted molar refractivity (Wildman–Crippen MR) is 122 cm³/mol. The Bertz CT molecular complexity index is 1240. The van der Waals surface area contributed by atoms with Gasteiger partial charge in [-0.25, -0.2) is 13.6 Å². The van der Waals surface area contributed by atoms with Crippen molar-refractivity contribution in [1.82, 2.24) is 10.1 Å². The van der Waals surface area contributed by atoms with Gasteiger partial charge >= 0.3 is 5.97 Å². The first kappa shape index (κ1) is 24.5. The van der Waals surface area contributed by atoms with E-state index in [0.29, 0.717) is 23.3 Å². The number of hydrogen-bond acceptors (Lipinski definition) is 7. The van der Waals surface area contributed by atoms with Gasteiger partial charge in [0.2, 0.25) is 5.82 Å². The highest BCUT2D eigenvalue weighted by Crippen LogP contribution is 2.42. The van der Waals surface area contributed by atoms with Gasteiger partial charge in [-0.1, -0.05) is 12.1 Å². The van der Waals surface area contributed by atoms with Crippen molar-refractivity contribution in [1.29, 1.82) is 0 Å². The molecule has 9 heteroatoms. The van der Waals surface area contributed by atoms with Crippen LogP contribution >= 0.6 is 0 Å². The molecule has 0 N–H and O–H groups in total. The number of esters is 1. The van der Waals surface area contributed by atoms with Gasteiger partial charge in [-0.3, -0.25) is 4.79 Å². The van der Waals surface area contributed by atoms with E-state index in [4.69, 9.17) is 14.0 Å². The SMILES string of the molecule is CC[C@@H](Oc1ccc(C(=O)C2(F)CC2)cc1)c1nc(-c2ccc(C(=O)OC(C)(C)C)c(F)c2)no1. The molecule has 1 fully saturated rings. The normalized spacial score (nSPS) is 15.4. The standard InChI is InChI=1S/C26H26F2N2O5/c1-5-20(33-17-9-6-15(7-10-17)21(31)26(28)12-13-26)23-29-22(30-35-23)16-8-11-18(19(27)14-16)24(32)34-25(2,3)4/h6-11,14,20H,5,12-13H2,1-4H3/t20-/m1/s1. The lowest BCUT2D eigenvalue weighted by molar-refractivity contribution is 0.00646. The molecule has 3 aromatic rings. The van der Waals surface area contributed by atoms with Crippen LogP contribution in [0.3, 0.4) is 0 Å². The average Bonchev–Trinajstić information content (AvgIpc) is 3.37. The van der Waals surface area contributed by atoms with Crippen LogP contribution in [-0.2, 0) is 4.74 Å². The molecule has 1 aliphatic carbocycles. The van der Waals surface area contributed by atoms with Gasteiger partial charge in [-0.15, -0.1) is 0 Å². The molecule has 7 nitrogen and oxygen atoms in total. The van der Waals surface area contributed by atoms with Crippen LogP contribution in [0.2, 0.25) is 0 Å². The maximum absolute atomic E-state index is 14.6. The predicted octanol–water partition coefficient (Wildman–Crippen LogP) is 6.05. The van der Waals surface area contributed by atoms with E-state index < -0.39 is 34.9 Å². The molecule has 0 aliphatic heterocycles. The van der Waals surface area contributed by atoms with Gasteiger partial charge in [0.25, 0.3) is 5.89 Å². The minimum absolute atomic E-state index is 0.135. The zero-order chi connectivity index (χ0) is 25.4. The Hall–Kier alpha value is -3.62. The molecule has 0 saturated heterocycles. The first-order valence-corrected chi connectivity index (χ1v) is 11.4. The summed E-state index contributed by atoms with van der Waals surface area (Å²) < 4.78 is 45.1. The van der Waals surface area contributed by atoms with Gasteiger partial charge in [0.1, 0.15) is 17.2 Å². The molecule has 184 valence electrons. The van der Waals surface area contributed by atoms with Gasteiger partial charge < -0.3 is 14.0 Å². The number of benzene rings is 2. The summed E-state index contributed by atoms with van der Waals surface area (Å²) in [4.78, 5) is 28.6. The van der Waals surface area contributed by atoms with Crippen molar-refractivity contribution in [2.24, 2.45) is 0 Å². The van der Waals surface area contributed by atoms with Crippen LogP contribution < -0.4 is 4.74 Å². The van der Waals surface area contributed by atoms with Crippen molar-refractivity contribution in [3.8, 4) is 17.1 Å². The molecule has 0 amide bonds. The van der Waals surface area contributed by atoms with Gasteiger partial charge in [0.05, 0.1) is 5.56 Å². The summed E-state index contributed by atoms with van der Waals surface area (Å²) in [6.45, 7) is 6.96. The van der Waals surface area contributed by atoms with E-state index in [0.717, 1.165) is 6.07 Å². The van der Waals surface area contributed by atoms with Gasteiger partial charge in [0, 0.05) is 11.1 Å². The van der Waals surface area contributed by atoms with Gasteiger partial charge in [-0.2, -0.15) is 4.98 Å². The first-order valence-electron chi connectivity index (χ1n) is 11.4. The van der Waals surface area contributed by atoms with Crippen LogP contribution in [0, 0.1) is 5.82 Å². The third-order valence-electron chi connectivity index (χ3n) is 5.42. The number of halogens is 2. The highest BCUT2D eigenvalue weighted by atomic mass is 19.1. The molecule has 0 bridgehead atoms. The zero-order valence-corrected chi connectivity index (χ0v) is 19.9. The Morgan fingerprint density at radius 3 is 2.40 bits per heavy atom. The fourth-order valence-corrected chi connectivity index (χ4v) is 3.39. The lowest BCUT2D eigenvalue weighted by Gasteiger charge is -2.19. The number of nitrogens with zero attached hydrogens (tertiary/aromatic N) is 2. The van der Waals surface area contributed by atoms with Crippen molar-refractivity contribution in [2.45, 2.75) is 64.3 Å². The summed E-state index contributed by atoms with van der Waals surface area (Å²) in [5.41, 5.74) is -2.05. The highest BCUT2D eigenvalue weighted by molar-refractivity contribution is 6.04. The molecule has 0 unspecified atom stereocenters. The summed E-state index contributed by atoms with van der Waals surface area (Å²) in [5.74, 6) is -1.27. The minimum Gasteiger partial charge on any atom is -0.481 e. The van der Waals surface area contributed by atoms with Crippen LogP contribution in [0.5, 0.6) is 5.75 Å². The first-order chi connectivity index (χ1) is 16.5. The molecule has 1 atom stereocenters. The van der Waals surface area contributed by atoms with Crippen LogP contribution in [0.4, 0.5) is 8.78 Å². The molecule has 1 heterocycles. The molecule has 0 radical (unpaired) electrons. The Morgan fingerprint density at radius 1 is 1.14 bits per heavy atom. The van der Waals surface area contributed by atoms with Crippen molar-refractivity contribution >= 4 is 11.8 Å². The van der Waals surface area contributed by atoms with E-state index in [2.05, 4.69) is 10.1 Å². The topological polar surface area (TPSA) is 91.5 Å². The van der Waals surface area contributed by atoms with Crippen molar-refractivity contribution in [2.75, 3.05) is 0 Å². The number of ether oxygens (including phenoxy) is 2. The smallest absolute Gasteiger partial charge is 0.341 e.